The fourth-order valence-electron chi connectivity index (χ4n) is 7.40. The first-order chi connectivity index (χ1) is 21.8. The van der Waals surface area contributed by atoms with E-state index >= 15 is 0 Å². The molecular formula is C41H27N3. The SMILES string of the molecule is c1ccc(-c2nc(-c3ccc4c(c3)C3(c5ccccc5C4)c4ccccc4-c4ccccc43)cc(-c3ccccn3)n2)cc1. The van der Waals surface area contributed by atoms with Gasteiger partial charge in [0.15, 0.2) is 5.82 Å². The van der Waals surface area contributed by atoms with E-state index in [2.05, 4.69) is 114 Å². The molecule has 0 radical (unpaired) electrons. The molecular weight excluding hydrogens is 534 g/mol. The second kappa shape index (κ2) is 9.68. The zero-order chi connectivity index (χ0) is 29.1. The van der Waals surface area contributed by atoms with Gasteiger partial charge in [-0.15, -0.1) is 0 Å². The molecule has 9 rings (SSSR count). The second-order valence-electron chi connectivity index (χ2n) is 11.6. The van der Waals surface area contributed by atoms with Gasteiger partial charge in [0.25, 0.3) is 0 Å². The van der Waals surface area contributed by atoms with E-state index in [1.165, 1.54) is 44.5 Å². The number of benzene rings is 5. The Morgan fingerprint density at radius 2 is 1.07 bits per heavy atom. The molecule has 0 bridgehead atoms. The number of hydrogen-bond donors (Lipinski definition) is 0. The molecule has 0 saturated heterocycles. The molecule has 2 aromatic heterocycles. The summed E-state index contributed by atoms with van der Waals surface area (Å²) < 4.78 is 0. The van der Waals surface area contributed by atoms with E-state index in [9.17, 15) is 0 Å². The van der Waals surface area contributed by atoms with Crippen molar-refractivity contribution in [3.63, 3.8) is 0 Å². The van der Waals surface area contributed by atoms with Crippen molar-refractivity contribution >= 4 is 0 Å². The summed E-state index contributed by atoms with van der Waals surface area (Å²) in [6.45, 7) is 0. The Hall–Kier alpha value is -5.67. The van der Waals surface area contributed by atoms with E-state index in [4.69, 9.17) is 9.97 Å². The number of rotatable bonds is 3. The Morgan fingerprint density at radius 3 is 1.82 bits per heavy atom. The summed E-state index contributed by atoms with van der Waals surface area (Å²) in [5.41, 5.74) is 14.9. The second-order valence-corrected chi connectivity index (χ2v) is 11.6. The first-order valence-electron chi connectivity index (χ1n) is 15.1. The number of fused-ring (bicyclic) bond motifs is 9. The van der Waals surface area contributed by atoms with Gasteiger partial charge in [-0.1, -0.05) is 121 Å². The van der Waals surface area contributed by atoms with Gasteiger partial charge < -0.3 is 0 Å². The van der Waals surface area contributed by atoms with E-state index in [-0.39, 0.29) is 0 Å². The maximum atomic E-state index is 5.16. The topological polar surface area (TPSA) is 38.7 Å². The molecule has 3 heteroatoms. The summed E-state index contributed by atoms with van der Waals surface area (Å²) in [4.78, 5) is 14.8. The summed E-state index contributed by atoms with van der Waals surface area (Å²) in [6, 6.07) is 52.0. The molecule has 2 aliphatic rings. The van der Waals surface area contributed by atoms with Gasteiger partial charge in [-0.05, 0) is 75.2 Å². The molecule has 0 atom stereocenters. The van der Waals surface area contributed by atoms with Gasteiger partial charge in [-0.2, -0.15) is 0 Å². The standard InChI is InChI=1S/C41H27N3/c1-2-12-27(13-3-1)40-43-38(26-39(44-40)37-20-10-11-23-42-37)30-22-21-29-24-28-14-4-7-17-33(28)41(36(29)25-30)34-18-8-5-15-31(34)32-16-6-9-19-35(32)41/h1-23,25-26H,24H2. The zero-order valence-corrected chi connectivity index (χ0v) is 24.0. The quantitative estimate of drug-likeness (QED) is 0.216. The van der Waals surface area contributed by atoms with Crippen LogP contribution in [0.15, 0.2) is 152 Å². The summed E-state index contributed by atoms with van der Waals surface area (Å²) in [6.07, 6.45) is 2.71. The van der Waals surface area contributed by atoms with E-state index in [1.54, 1.807) is 0 Å². The fraction of sp³-hybridized carbons (Fsp3) is 0.0488. The highest BCUT2D eigenvalue weighted by molar-refractivity contribution is 5.88. The Balaban J connectivity index is 1.32. The molecule has 2 heterocycles. The number of aromatic nitrogens is 3. The Labute approximate surface area is 256 Å². The molecule has 0 aliphatic heterocycles. The number of nitrogens with zero attached hydrogens (tertiary/aromatic N) is 3. The fourth-order valence-corrected chi connectivity index (χ4v) is 7.40. The summed E-state index contributed by atoms with van der Waals surface area (Å²) in [5.74, 6) is 0.693. The Bertz CT molecular complexity index is 2100. The molecule has 2 aliphatic carbocycles. The molecule has 206 valence electrons. The van der Waals surface area contributed by atoms with Gasteiger partial charge in [0.1, 0.15) is 0 Å². The third-order valence-electron chi connectivity index (χ3n) is 9.25. The minimum atomic E-state index is -0.410. The molecule has 1 spiro atoms. The maximum Gasteiger partial charge on any atom is 0.160 e. The van der Waals surface area contributed by atoms with Crippen LogP contribution in [0.4, 0.5) is 0 Å². The van der Waals surface area contributed by atoms with E-state index < -0.39 is 5.41 Å². The van der Waals surface area contributed by atoms with Crippen LogP contribution >= 0.6 is 0 Å². The lowest BCUT2D eigenvalue weighted by Crippen LogP contribution is -2.34. The number of hydrogen-bond acceptors (Lipinski definition) is 3. The van der Waals surface area contributed by atoms with Crippen molar-refractivity contribution in [1.82, 2.24) is 15.0 Å². The van der Waals surface area contributed by atoms with Gasteiger partial charge in [-0.3, -0.25) is 4.98 Å². The van der Waals surface area contributed by atoms with Gasteiger partial charge >= 0.3 is 0 Å². The third kappa shape index (κ3) is 3.59. The van der Waals surface area contributed by atoms with Crippen LogP contribution in [0.2, 0.25) is 0 Å². The molecule has 0 N–H and O–H groups in total. The summed E-state index contributed by atoms with van der Waals surface area (Å²) >= 11 is 0. The molecule has 0 unspecified atom stereocenters. The molecule has 3 nitrogen and oxygen atoms in total. The molecule has 0 fully saturated rings. The third-order valence-corrected chi connectivity index (χ3v) is 9.25. The molecule has 44 heavy (non-hydrogen) atoms. The van der Waals surface area contributed by atoms with Crippen LogP contribution in [0.5, 0.6) is 0 Å². The molecule has 5 aromatic carbocycles. The molecule has 0 saturated carbocycles. The Morgan fingerprint density at radius 1 is 0.432 bits per heavy atom. The van der Waals surface area contributed by atoms with Crippen molar-refractivity contribution in [3.05, 3.63) is 185 Å². The smallest absolute Gasteiger partial charge is 0.160 e. The van der Waals surface area contributed by atoms with Gasteiger partial charge in [0.2, 0.25) is 0 Å². The Kier molecular flexibility index (Phi) is 5.48. The lowest BCUT2D eigenvalue weighted by Gasteiger charge is -2.40. The highest BCUT2D eigenvalue weighted by Gasteiger charge is 2.49. The van der Waals surface area contributed by atoms with Crippen molar-refractivity contribution < 1.29 is 0 Å². The normalized spacial score (nSPS) is 13.5. The molecule has 7 aromatic rings. The van der Waals surface area contributed by atoms with E-state index in [0.717, 1.165) is 34.6 Å². The van der Waals surface area contributed by atoms with Crippen LogP contribution in [-0.2, 0) is 11.8 Å². The van der Waals surface area contributed by atoms with Crippen molar-refractivity contribution in [2.45, 2.75) is 11.8 Å². The minimum Gasteiger partial charge on any atom is -0.255 e. The van der Waals surface area contributed by atoms with Crippen LogP contribution in [0.3, 0.4) is 0 Å². The number of pyridine rings is 1. The van der Waals surface area contributed by atoms with E-state index in [0.29, 0.717) is 5.82 Å². The zero-order valence-electron chi connectivity index (χ0n) is 24.0. The average molecular weight is 562 g/mol. The highest BCUT2D eigenvalue weighted by Crippen LogP contribution is 2.59. The first-order valence-corrected chi connectivity index (χ1v) is 15.1. The van der Waals surface area contributed by atoms with Crippen LogP contribution in [0, 0.1) is 0 Å². The predicted molar refractivity (Wildman–Crippen MR) is 176 cm³/mol. The van der Waals surface area contributed by atoms with Crippen molar-refractivity contribution in [3.8, 4) is 45.2 Å². The van der Waals surface area contributed by atoms with Gasteiger partial charge in [0.05, 0.1) is 22.5 Å². The van der Waals surface area contributed by atoms with Gasteiger partial charge in [-0.25, -0.2) is 9.97 Å². The van der Waals surface area contributed by atoms with Crippen molar-refractivity contribution in [1.29, 1.82) is 0 Å². The highest BCUT2D eigenvalue weighted by atomic mass is 14.9. The van der Waals surface area contributed by atoms with Crippen LogP contribution in [0.1, 0.15) is 33.4 Å². The first kappa shape index (κ1) is 24.9. The lowest BCUT2D eigenvalue weighted by molar-refractivity contribution is 0.722. The lowest BCUT2D eigenvalue weighted by atomic mass is 9.61. The minimum absolute atomic E-state index is 0.410. The predicted octanol–water partition coefficient (Wildman–Crippen LogP) is 9.14. The average Bonchev–Trinajstić information content (AvgIpc) is 3.40. The van der Waals surface area contributed by atoms with E-state index in [1.807, 2.05) is 42.6 Å². The van der Waals surface area contributed by atoms with Gasteiger partial charge in [0, 0.05) is 17.3 Å². The van der Waals surface area contributed by atoms with Crippen molar-refractivity contribution in [2.24, 2.45) is 0 Å². The van der Waals surface area contributed by atoms with Crippen LogP contribution < -0.4 is 0 Å². The maximum absolute atomic E-state index is 5.16. The monoisotopic (exact) mass is 561 g/mol. The summed E-state index contributed by atoms with van der Waals surface area (Å²) in [7, 11) is 0. The summed E-state index contributed by atoms with van der Waals surface area (Å²) in [5, 5.41) is 0. The van der Waals surface area contributed by atoms with Crippen LogP contribution in [-0.4, -0.2) is 15.0 Å². The largest absolute Gasteiger partial charge is 0.255 e. The van der Waals surface area contributed by atoms with Crippen LogP contribution in [0.25, 0.3) is 45.2 Å². The molecule has 0 amide bonds. The van der Waals surface area contributed by atoms with Crippen molar-refractivity contribution in [2.75, 3.05) is 0 Å².